The van der Waals surface area contributed by atoms with E-state index in [0.717, 1.165) is 31.4 Å². The zero-order valence-electron chi connectivity index (χ0n) is 10.5. The molecular weight excluding hydrogens is 188 g/mol. The van der Waals surface area contributed by atoms with Crippen molar-refractivity contribution in [2.45, 2.75) is 59.8 Å². The molecule has 3 heteroatoms. The van der Waals surface area contributed by atoms with Crippen LogP contribution in [0.15, 0.2) is 5.10 Å². The molecule has 0 aromatic rings. The number of hydrogen-bond acceptors (Lipinski definition) is 2. The van der Waals surface area contributed by atoms with E-state index in [-0.39, 0.29) is 5.91 Å². The molecule has 3 nitrogen and oxygen atoms in total. The maximum atomic E-state index is 11.3. The van der Waals surface area contributed by atoms with E-state index < -0.39 is 0 Å². The molecule has 0 rings (SSSR count). The summed E-state index contributed by atoms with van der Waals surface area (Å²) in [5, 5.41) is 4.17. The number of hydrogen-bond donors (Lipinski definition) is 1. The van der Waals surface area contributed by atoms with Gasteiger partial charge in [-0.1, -0.05) is 40.5 Å². The van der Waals surface area contributed by atoms with Crippen molar-refractivity contribution in [3.63, 3.8) is 0 Å². The van der Waals surface area contributed by atoms with Crippen LogP contribution in [-0.4, -0.2) is 11.6 Å². The van der Waals surface area contributed by atoms with Gasteiger partial charge >= 0.3 is 0 Å². The van der Waals surface area contributed by atoms with Gasteiger partial charge in [0.25, 0.3) is 0 Å². The van der Waals surface area contributed by atoms with Gasteiger partial charge < -0.3 is 0 Å². The summed E-state index contributed by atoms with van der Waals surface area (Å²) in [6, 6.07) is 0. The lowest BCUT2D eigenvalue weighted by molar-refractivity contribution is -0.121. The van der Waals surface area contributed by atoms with E-state index in [1.807, 2.05) is 13.8 Å². The van der Waals surface area contributed by atoms with Crippen molar-refractivity contribution in [2.24, 2.45) is 11.0 Å². The first-order chi connectivity index (χ1) is 7.10. The standard InChI is InChI=1S/C12H24N2O/c1-5-7-11(8-6-2)13-14-12(15)9-10(3)4/h10H,5-9H2,1-4H3,(H,14,15). The van der Waals surface area contributed by atoms with Crippen LogP contribution in [0.1, 0.15) is 59.8 Å². The lowest BCUT2D eigenvalue weighted by Crippen LogP contribution is -2.21. The first kappa shape index (κ1) is 14.1. The van der Waals surface area contributed by atoms with E-state index in [9.17, 15) is 4.79 Å². The number of carbonyl (C=O) groups is 1. The highest BCUT2D eigenvalue weighted by molar-refractivity contribution is 5.86. The summed E-state index contributed by atoms with van der Waals surface area (Å²) in [6.45, 7) is 8.31. The summed E-state index contributed by atoms with van der Waals surface area (Å²) >= 11 is 0. The number of nitrogens with zero attached hydrogens (tertiary/aromatic N) is 1. The molecule has 0 bridgehead atoms. The molecule has 0 radical (unpaired) electrons. The Morgan fingerprint density at radius 2 is 1.73 bits per heavy atom. The van der Waals surface area contributed by atoms with Crippen molar-refractivity contribution >= 4 is 11.6 Å². The summed E-state index contributed by atoms with van der Waals surface area (Å²) in [6.07, 6.45) is 4.68. The average molecular weight is 212 g/mol. The van der Waals surface area contributed by atoms with E-state index in [0.29, 0.717) is 12.3 Å². The molecule has 0 aliphatic heterocycles. The van der Waals surface area contributed by atoms with E-state index in [1.54, 1.807) is 0 Å². The Balaban J connectivity index is 4.01. The molecular formula is C12H24N2O. The lowest BCUT2D eigenvalue weighted by Gasteiger charge is -2.06. The Bertz CT molecular complexity index is 202. The molecule has 0 aliphatic carbocycles. The minimum Gasteiger partial charge on any atom is -0.273 e. The van der Waals surface area contributed by atoms with Gasteiger partial charge in [0, 0.05) is 12.1 Å². The number of amides is 1. The highest BCUT2D eigenvalue weighted by Gasteiger charge is 2.04. The minimum absolute atomic E-state index is 0.0229. The molecule has 0 unspecified atom stereocenters. The Labute approximate surface area is 93.3 Å². The second-order valence-electron chi connectivity index (χ2n) is 4.31. The van der Waals surface area contributed by atoms with Crippen molar-refractivity contribution in [3.05, 3.63) is 0 Å². The van der Waals surface area contributed by atoms with E-state index >= 15 is 0 Å². The van der Waals surface area contributed by atoms with Gasteiger partial charge in [0.05, 0.1) is 0 Å². The molecule has 15 heavy (non-hydrogen) atoms. The first-order valence-electron chi connectivity index (χ1n) is 5.94. The molecule has 0 fully saturated rings. The van der Waals surface area contributed by atoms with Crippen molar-refractivity contribution in [1.82, 2.24) is 5.43 Å². The van der Waals surface area contributed by atoms with Crippen LogP contribution in [0.4, 0.5) is 0 Å². The zero-order chi connectivity index (χ0) is 11.7. The van der Waals surface area contributed by atoms with Crippen LogP contribution >= 0.6 is 0 Å². The van der Waals surface area contributed by atoms with Crippen LogP contribution in [0.2, 0.25) is 0 Å². The van der Waals surface area contributed by atoms with Gasteiger partial charge in [0.1, 0.15) is 0 Å². The molecule has 0 aromatic carbocycles. The van der Waals surface area contributed by atoms with Crippen LogP contribution < -0.4 is 5.43 Å². The maximum Gasteiger partial charge on any atom is 0.240 e. The fraction of sp³-hybridized carbons (Fsp3) is 0.833. The van der Waals surface area contributed by atoms with Crippen LogP contribution in [0.5, 0.6) is 0 Å². The van der Waals surface area contributed by atoms with Crippen LogP contribution in [0.25, 0.3) is 0 Å². The Kier molecular flexibility index (Phi) is 7.96. The van der Waals surface area contributed by atoms with Crippen LogP contribution in [-0.2, 0) is 4.79 Å². The van der Waals surface area contributed by atoms with Crippen molar-refractivity contribution in [1.29, 1.82) is 0 Å². The SMILES string of the molecule is CCCC(CCC)=NNC(=O)CC(C)C. The predicted molar refractivity (Wildman–Crippen MR) is 64.8 cm³/mol. The third-order valence-electron chi connectivity index (χ3n) is 2.01. The topological polar surface area (TPSA) is 41.5 Å². The molecule has 0 atom stereocenters. The lowest BCUT2D eigenvalue weighted by atomic mass is 10.1. The third-order valence-corrected chi connectivity index (χ3v) is 2.01. The van der Waals surface area contributed by atoms with Gasteiger partial charge in [-0.2, -0.15) is 5.10 Å². The molecule has 0 aromatic heterocycles. The highest BCUT2D eigenvalue weighted by Crippen LogP contribution is 2.01. The monoisotopic (exact) mass is 212 g/mol. The molecule has 1 amide bonds. The molecule has 0 saturated heterocycles. The van der Waals surface area contributed by atoms with Gasteiger partial charge in [0.2, 0.25) is 5.91 Å². The third kappa shape index (κ3) is 8.16. The average Bonchev–Trinajstić information content (AvgIpc) is 2.14. The number of carbonyl (C=O) groups excluding carboxylic acids is 1. The second-order valence-corrected chi connectivity index (χ2v) is 4.31. The Hall–Kier alpha value is -0.860. The van der Waals surface area contributed by atoms with E-state index in [1.165, 1.54) is 0 Å². The molecule has 88 valence electrons. The van der Waals surface area contributed by atoms with Gasteiger partial charge in [-0.25, -0.2) is 5.43 Å². The maximum absolute atomic E-state index is 11.3. The molecule has 0 saturated carbocycles. The van der Waals surface area contributed by atoms with Crippen molar-refractivity contribution in [3.8, 4) is 0 Å². The number of nitrogens with one attached hydrogen (secondary N) is 1. The van der Waals surface area contributed by atoms with Crippen molar-refractivity contribution < 1.29 is 4.79 Å². The quantitative estimate of drug-likeness (QED) is 0.511. The number of rotatable bonds is 7. The van der Waals surface area contributed by atoms with Crippen molar-refractivity contribution in [2.75, 3.05) is 0 Å². The largest absolute Gasteiger partial charge is 0.273 e. The fourth-order valence-electron chi connectivity index (χ4n) is 1.37. The Morgan fingerprint density at radius 3 is 2.13 bits per heavy atom. The fourth-order valence-corrected chi connectivity index (χ4v) is 1.37. The van der Waals surface area contributed by atoms with Gasteiger partial charge in [-0.05, 0) is 18.8 Å². The summed E-state index contributed by atoms with van der Waals surface area (Å²) in [7, 11) is 0. The highest BCUT2D eigenvalue weighted by atomic mass is 16.2. The molecule has 0 aliphatic rings. The first-order valence-corrected chi connectivity index (χ1v) is 5.94. The van der Waals surface area contributed by atoms with Gasteiger partial charge in [0.15, 0.2) is 0 Å². The molecule has 0 spiro atoms. The van der Waals surface area contributed by atoms with Crippen LogP contribution in [0, 0.1) is 5.92 Å². The smallest absolute Gasteiger partial charge is 0.240 e. The zero-order valence-corrected chi connectivity index (χ0v) is 10.5. The molecule has 0 heterocycles. The van der Waals surface area contributed by atoms with Crippen LogP contribution in [0.3, 0.4) is 0 Å². The summed E-state index contributed by atoms with van der Waals surface area (Å²) in [5.74, 6) is 0.413. The Morgan fingerprint density at radius 1 is 1.20 bits per heavy atom. The predicted octanol–water partition coefficient (Wildman–Crippen LogP) is 3.10. The van der Waals surface area contributed by atoms with E-state index in [4.69, 9.17) is 0 Å². The minimum atomic E-state index is 0.0229. The summed E-state index contributed by atoms with van der Waals surface area (Å²) in [4.78, 5) is 11.3. The molecule has 1 N–H and O–H groups in total. The summed E-state index contributed by atoms with van der Waals surface area (Å²) < 4.78 is 0. The van der Waals surface area contributed by atoms with Gasteiger partial charge in [-0.15, -0.1) is 0 Å². The van der Waals surface area contributed by atoms with E-state index in [2.05, 4.69) is 24.4 Å². The normalized spacial score (nSPS) is 10.2. The number of hydrazone groups is 1. The van der Waals surface area contributed by atoms with Gasteiger partial charge in [-0.3, -0.25) is 4.79 Å². The second kappa shape index (κ2) is 8.45. The summed E-state index contributed by atoms with van der Waals surface area (Å²) in [5.41, 5.74) is 3.74.